The van der Waals surface area contributed by atoms with E-state index in [2.05, 4.69) is 99.8 Å². The molecule has 2 aromatic rings. The van der Waals surface area contributed by atoms with Gasteiger partial charge in [-0.15, -0.1) is 0 Å². The molecular formula is C78H136N2Ni. The first-order chi connectivity index (χ1) is 39.8. The van der Waals surface area contributed by atoms with Crippen LogP contribution in [0.25, 0.3) is 0 Å². The smallest absolute Gasteiger partial charge is 0.0665 e. The molecule has 0 aliphatic heterocycles. The van der Waals surface area contributed by atoms with Gasteiger partial charge in [0.1, 0.15) is 0 Å². The number of aryl methyl sites for hydroxylation is 2. The quantitative estimate of drug-likeness (QED) is 0.0273. The molecule has 0 spiro atoms. The Morgan fingerprint density at radius 1 is 0.284 bits per heavy atom. The molecule has 0 atom stereocenters. The van der Waals surface area contributed by atoms with Gasteiger partial charge in [-0.05, 0) is 87.5 Å². The molecule has 81 heavy (non-hydrogen) atoms. The van der Waals surface area contributed by atoms with Crippen LogP contribution in [0.2, 0.25) is 0 Å². The second-order valence-corrected chi connectivity index (χ2v) is 25.1. The third kappa shape index (κ3) is 51.9. The van der Waals surface area contributed by atoms with Crippen molar-refractivity contribution < 1.29 is 16.5 Å². The summed E-state index contributed by atoms with van der Waals surface area (Å²) in [7, 11) is 0. The van der Waals surface area contributed by atoms with Crippen LogP contribution in [-0.2, 0) is 29.3 Å². The molecule has 0 heterocycles. The van der Waals surface area contributed by atoms with Crippen LogP contribution in [0.3, 0.4) is 0 Å². The first kappa shape index (κ1) is 76.8. The molecule has 0 bridgehead atoms. The van der Waals surface area contributed by atoms with Gasteiger partial charge < -0.3 is 0 Å². The number of nitrogens with zero attached hydrogens (tertiary/aromatic N) is 2. The molecule has 0 aromatic heterocycles. The van der Waals surface area contributed by atoms with Crippen LogP contribution < -0.4 is 0 Å². The van der Waals surface area contributed by atoms with Crippen LogP contribution in [0, 0.1) is 0 Å². The van der Waals surface area contributed by atoms with Gasteiger partial charge in [0.25, 0.3) is 0 Å². The number of rotatable bonds is 62. The van der Waals surface area contributed by atoms with E-state index >= 15 is 0 Å². The zero-order chi connectivity index (χ0) is 56.8. The standard InChI is InChI=1S/C78H136N2.Ni/c1-4-7-10-12-14-16-18-20-22-24-26-28-30-32-34-36-38-40-42-44-46-48-50-52-54-56-58-60-66-74-68-62-64-71-77(74)79-73-76(70-9-6-3)80-78-72-65-63-69-75(78)67-61-59-57-55-53-51-49-47-45-43-41-39-37-35-33-31-29-27-25-23-21-19-17-15-13-11-8-5-2;/h56-59,62-65,68-69,71-73H,4-55,60-61,66-67,70H2,1-3H3;/b58-56+,59-57+,79-73+,80-76-;. The fraction of sp³-hybridized carbons (Fsp3) is 0.769. The van der Waals surface area contributed by atoms with Crippen LogP contribution in [0.4, 0.5) is 11.4 Å². The zero-order valence-electron chi connectivity index (χ0n) is 54.5. The van der Waals surface area contributed by atoms with Crippen LogP contribution in [0.15, 0.2) is 82.8 Å². The Labute approximate surface area is 517 Å². The molecule has 0 amide bonds. The van der Waals surface area contributed by atoms with Crippen molar-refractivity contribution in [2.24, 2.45) is 9.98 Å². The maximum Gasteiger partial charge on any atom is 0.0665 e. The second kappa shape index (κ2) is 63.8. The van der Waals surface area contributed by atoms with E-state index in [9.17, 15) is 0 Å². The summed E-state index contributed by atoms with van der Waals surface area (Å²) in [6.45, 7) is 6.89. The summed E-state index contributed by atoms with van der Waals surface area (Å²) in [6.07, 6.45) is 91.1. The largest absolute Gasteiger partial charge is 0.255 e. The third-order valence-electron chi connectivity index (χ3n) is 17.3. The molecule has 0 aliphatic rings. The van der Waals surface area contributed by atoms with Gasteiger partial charge in [-0.3, -0.25) is 9.98 Å². The summed E-state index contributed by atoms with van der Waals surface area (Å²) in [4.78, 5) is 10.3. The van der Waals surface area contributed by atoms with E-state index in [1.165, 1.54) is 332 Å². The fourth-order valence-corrected chi connectivity index (χ4v) is 11.9. The molecule has 0 saturated heterocycles. The van der Waals surface area contributed by atoms with Gasteiger partial charge in [0.2, 0.25) is 0 Å². The van der Waals surface area contributed by atoms with E-state index in [0.717, 1.165) is 62.0 Å². The van der Waals surface area contributed by atoms with E-state index in [0.29, 0.717) is 0 Å². The van der Waals surface area contributed by atoms with E-state index in [1.807, 2.05) is 0 Å². The summed E-state index contributed by atoms with van der Waals surface area (Å²) in [6, 6.07) is 17.5. The second-order valence-electron chi connectivity index (χ2n) is 25.1. The van der Waals surface area contributed by atoms with Crippen molar-refractivity contribution in [2.75, 3.05) is 0 Å². The van der Waals surface area contributed by atoms with Gasteiger partial charge in [0.05, 0.1) is 17.1 Å². The number of para-hydroxylation sites is 2. The molecule has 0 fully saturated rings. The Kier molecular flexibility index (Phi) is 60.4. The molecule has 2 nitrogen and oxygen atoms in total. The van der Waals surface area contributed by atoms with Gasteiger partial charge in [-0.25, -0.2) is 0 Å². The van der Waals surface area contributed by atoms with E-state index in [4.69, 9.17) is 9.98 Å². The van der Waals surface area contributed by atoms with Crippen molar-refractivity contribution >= 4 is 23.3 Å². The van der Waals surface area contributed by atoms with Crippen LogP contribution in [0.1, 0.15) is 385 Å². The first-order valence-electron chi connectivity index (χ1n) is 36.4. The molecule has 0 radical (unpaired) electrons. The predicted molar refractivity (Wildman–Crippen MR) is 365 cm³/mol. The van der Waals surface area contributed by atoms with Crippen LogP contribution in [0.5, 0.6) is 0 Å². The van der Waals surface area contributed by atoms with E-state index in [-0.39, 0.29) is 16.5 Å². The molecular weight excluding hydrogens is 1020 g/mol. The Balaban J connectivity index is 0.0000328. The summed E-state index contributed by atoms with van der Waals surface area (Å²) in [5, 5.41) is 0. The Morgan fingerprint density at radius 2 is 0.531 bits per heavy atom. The minimum atomic E-state index is 0. The molecule has 0 N–H and O–H groups in total. The maximum atomic E-state index is 5.26. The van der Waals surface area contributed by atoms with E-state index < -0.39 is 0 Å². The Hall–Kier alpha value is -2.25. The number of benzene rings is 2. The Morgan fingerprint density at radius 3 is 0.840 bits per heavy atom. The molecule has 0 unspecified atom stereocenters. The minimum Gasteiger partial charge on any atom is -0.255 e. The Bertz CT molecular complexity index is 1690. The van der Waals surface area contributed by atoms with Gasteiger partial charge in [0, 0.05) is 22.7 Å². The summed E-state index contributed by atoms with van der Waals surface area (Å²) in [5.74, 6) is 0. The number of hydrogen-bond donors (Lipinski definition) is 0. The fourth-order valence-electron chi connectivity index (χ4n) is 11.9. The number of allylic oxidation sites excluding steroid dienone is 4. The average molecular weight is 1160 g/mol. The monoisotopic (exact) mass is 1160 g/mol. The van der Waals surface area contributed by atoms with Gasteiger partial charge in [-0.1, -0.05) is 383 Å². The molecule has 468 valence electrons. The summed E-state index contributed by atoms with van der Waals surface area (Å²) < 4.78 is 0. The minimum absolute atomic E-state index is 0. The molecule has 3 heteroatoms. The van der Waals surface area contributed by atoms with Gasteiger partial charge in [-0.2, -0.15) is 0 Å². The normalized spacial score (nSPS) is 12.1. The van der Waals surface area contributed by atoms with Crippen molar-refractivity contribution in [3.8, 4) is 0 Å². The molecule has 0 saturated carbocycles. The van der Waals surface area contributed by atoms with Crippen LogP contribution >= 0.6 is 0 Å². The number of hydrogen-bond acceptors (Lipinski definition) is 2. The van der Waals surface area contributed by atoms with Gasteiger partial charge >= 0.3 is 0 Å². The van der Waals surface area contributed by atoms with Crippen molar-refractivity contribution in [3.63, 3.8) is 0 Å². The van der Waals surface area contributed by atoms with Crippen molar-refractivity contribution in [3.05, 3.63) is 84.0 Å². The summed E-state index contributed by atoms with van der Waals surface area (Å²) >= 11 is 0. The third-order valence-corrected chi connectivity index (χ3v) is 17.3. The van der Waals surface area contributed by atoms with Crippen LogP contribution in [-0.4, -0.2) is 11.9 Å². The average Bonchev–Trinajstić information content (AvgIpc) is 3.48. The van der Waals surface area contributed by atoms with Crippen molar-refractivity contribution in [1.29, 1.82) is 0 Å². The predicted octanol–water partition coefficient (Wildman–Crippen LogP) is 27.9. The molecule has 0 aliphatic carbocycles. The zero-order valence-corrected chi connectivity index (χ0v) is 55.5. The maximum absolute atomic E-state index is 5.26. The van der Waals surface area contributed by atoms with E-state index in [1.54, 1.807) is 0 Å². The first-order valence-corrected chi connectivity index (χ1v) is 36.4. The SMILES string of the molecule is CCCCCCCCCCCCCCCCCCCCCCCCCC/C=C/CCc1ccccc1/N=C(\C=N\c1ccccc1CC/C=C/CCCCCCCCCCCCCCCCCCCCCCCCCC)CCCC.[Ni]. The molecule has 2 rings (SSSR count). The van der Waals surface area contributed by atoms with Crippen molar-refractivity contribution in [1.82, 2.24) is 0 Å². The van der Waals surface area contributed by atoms with Gasteiger partial charge in [0.15, 0.2) is 0 Å². The summed E-state index contributed by atoms with van der Waals surface area (Å²) in [5.41, 5.74) is 5.96. The van der Waals surface area contributed by atoms with Crippen molar-refractivity contribution in [2.45, 2.75) is 387 Å². The molecule has 2 aromatic carbocycles. The topological polar surface area (TPSA) is 24.7 Å². The number of unbranched alkanes of at least 4 members (excludes halogenated alkanes) is 49. The number of aliphatic imine (C=N–C) groups is 2.